The third-order valence-corrected chi connectivity index (χ3v) is 5.33. The highest BCUT2D eigenvalue weighted by Gasteiger charge is 2.28. The van der Waals surface area contributed by atoms with Crippen LogP contribution in [0.15, 0.2) is 17.5 Å². The number of hydrogen-bond donors (Lipinski definition) is 2. The van der Waals surface area contributed by atoms with Crippen LogP contribution >= 0.6 is 11.3 Å². The average Bonchev–Trinajstić information content (AvgIpc) is 3.16. The van der Waals surface area contributed by atoms with Crippen LogP contribution in [-0.2, 0) is 9.53 Å². The molecular weight excluding hydrogens is 354 g/mol. The van der Waals surface area contributed by atoms with Gasteiger partial charge in [-0.15, -0.1) is 11.3 Å². The first-order chi connectivity index (χ1) is 12.5. The van der Waals surface area contributed by atoms with Gasteiger partial charge in [-0.3, -0.25) is 9.59 Å². The molecule has 0 bridgehead atoms. The van der Waals surface area contributed by atoms with E-state index in [1.165, 1.54) is 11.3 Å². The van der Waals surface area contributed by atoms with Gasteiger partial charge in [-0.05, 0) is 44.1 Å². The number of nitrogens with zero attached hydrogens (tertiary/aromatic N) is 1. The van der Waals surface area contributed by atoms with E-state index in [0.717, 1.165) is 12.8 Å². The molecule has 2 N–H and O–H groups in total. The van der Waals surface area contributed by atoms with E-state index in [1.54, 1.807) is 17.9 Å². The van der Waals surface area contributed by atoms with Crippen LogP contribution in [-0.4, -0.2) is 55.1 Å². The predicted molar refractivity (Wildman–Crippen MR) is 100 cm³/mol. The Balaban J connectivity index is 1.70. The Labute approximate surface area is 158 Å². The Bertz CT molecular complexity index is 606. The third-order valence-electron chi connectivity index (χ3n) is 4.46. The van der Waals surface area contributed by atoms with Gasteiger partial charge in [0, 0.05) is 32.1 Å². The van der Waals surface area contributed by atoms with Crippen molar-refractivity contribution in [3.8, 4) is 0 Å². The molecule has 144 valence electrons. The van der Waals surface area contributed by atoms with Crippen molar-refractivity contribution in [2.45, 2.75) is 39.2 Å². The molecule has 3 amide bonds. The molecule has 7 nitrogen and oxygen atoms in total. The van der Waals surface area contributed by atoms with Gasteiger partial charge in [-0.1, -0.05) is 6.07 Å². The standard InChI is InChI=1S/C18H27N3O4S/c1-3-25-18(24)21-10-4-6-14(12-21)13(2)20-16(22)8-9-19-17(23)15-7-5-11-26-15/h5,7,11,13-14H,3-4,6,8-10,12H2,1-2H3,(H,19,23)(H,20,22)/t13-,14-/m0/s1. The van der Waals surface area contributed by atoms with E-state index in [9.17, 15) is 14.4 Å². The molecule has 8 heteroatoms. The summed E-state index contributed by atoms with van der Waals surface area (Å²) in [7, 11) is 0. The van der Waals surface area contributed by atoms with E-state index in [2.05, 4.69) is 10.6 Å². The summed E-state index contributed by atoms with van der Waals surface area (Å²) in [5, 5.41) is 7.57. The van der Waals surface area contributed by atoms with E-state index in [1.807, 2.05) is 18.4 Å². The first-order valence-corrected chi connectivity index (χ1v) is 9.92. The van der Waals surface area contributed by atoms with Gasteiger partial charge in [0.2, 0.25) is 5.91 Å². The zero-order valence-corrected chi connectivity index (χ0v) is 16.1. The van der Waals surface area contributed by atoms with Crippen LogP contribution in [0.25, 0.3) is 0 Å². The lowest BCUT2D eigenvalue weighted by Gasteiger charge is -2.35. The first kappa shape index (κ1) is 20.2. The maximum Gasteiger partial charge on any atom is 0.409 e. The van der Waals surface area contributed by atoms with E-state index >= 15 is 0 Å². The molecule has 0 aliphatic carbocycles. The fourth-order valence-corrected chi connectivity index (χ4v) is 3.67. The minimum absolute atomic E-state index is 0.0345. The van der Waals surface area contributed by atoms with Crippen LogP contribution in [0.3, 0.4) is 0 Å². The monoisotopic (exact) mass is 381 g/mol. The molecule has 1 aromatic heterocycles. The fourth-order valence-electron chi connectivity index (χ4n) is 3.03. The second-order valence-electron chi connectivity index (χ2n) is 6.39. The van der Waals surface area contributed by atoms with Crippen molar-refractivity contribution in [3.63, 3.8) is 0 Å². The predicted octanol–water partition coefficient (Wildman–Crippen LogP) is 2.24. The summed E-state index contributed by atoms with van der Waals surface area (Å²) in [5.41, 5.74) is 0. The second kappa shape index (κ2) is 10.2. The van der Waals surface area contributed by atoms with E-state index in [-0.39, 0.29) is 36.3 Å². The summed E-state index contributed by atoms with van der Waals surface area (Å²) in [5.74, 6) is -0.0479. The van der Waals surface area contributed by atoms with E-state index in [4.69, 9.17) is 4.74 Å². The fraction of sp³-hybridized carbons (Fsp3) is 0.611. The molecule has 0 unspecified atom stereocenters. The van der Waals surface area contributed by atoms with Crippen molar-refractivity contribution < 1.29 is 19.1 Å². The number of rotatable bonds is 7. The number of nitrogens with one attached hydrogen (secondary N) is 2. The Morgan fingerprint density at radius 3 is 2.92 bits per heavy atom. The summed E-state index contributed by atoms with van der Waals surface area (Å²) in [6.07, 6.45) is 1.81. The average molecular weight is 381 g/mol. The largest absolute Gasteiger partial charge is 0.450 e. The molecule has 0 spiro atoms. The van der Waals surface area contributed by atoms with Gasteiger partial charge in [0.1, 0.15) is 0 Å². The Kier molecular flexibility index (Phi) is 7.90. The molecular formula is C18H27N3O4S. The minimum atomic E-state index is -0.285. The summed E-state index contributed by atoms with van der Waals surface area (Å²) >= 11 is 1.37. The van der Waals surface area contributed by atoms with Crippen molar-refractivity contribution in [2.75, 3.05) is 26.2 Å². The Morgan fingerprint density at radius 2 is 2.23 bits per heavy atom. The van der Waals surface area contributed by atoms with Crippen LogP contribution in [0, 0.1) is 5.92 Å². The highest BCUT2D eigenvalue weighted by Crippen LogP contribution is 2.20. The number of amides is 3. The lowest BCUT2D eigenvalue weighted by molar-refractivity contribution is -0.122. The minimum Gasteiger partial charge on any atom is -0.450 e. The molecule has 0 radical (unpaired) electrons. The molecule has 0 saturated carbocycles. The third kappa shape index (κ3) is 6.01. The Morgan fingerprint density at radius 1 is 1.42 bits per heavy atom. The zero-order chi connectivity index (χ0) is 18.9. The van der Waals surface area contributed by atoms with Gasteiger partial charge in [0.15, 0.2) is 0 Å². The van der Waals surface area contributed by atoms with Crippen LogP contribution in [0.2, 0.25) is 0 Å². The molecule has 2 heterocycles. The van der Waals surface area contributed by atoms with Gasteiger partial charge in [-0.2, -0.15) is 0 Å². The molecule has 1 aliphatic heterocycles. The van der Waals surface area contributed by atoms with E-state index < -0.39 is 0 Å². The molecule has 0 aromatic carbocycles. The van der Waals surface area contributed by atoms with Crippen molar-refractivity contribution in [3.05, 3.63) is 22.4 Å². The summed E-state index contributed by atoms with van der Waals surface area (Å²) in [6.45, 7) is 5.71. The SMILES string of the molecule is CCOC(=O)N1CCC[C@H]([C@H](C)NC(=O)CCNC(=O)c2cccs2)C1. The number of ether oxygens (including phenoxy) is 1. The van der Waals surface area contributed by atoms with Crippen molar-refractivity contribution in [1.82, 2.24) is 15.5 Å². The van der Waals surface area contributed by atoms with Gasteiger partial charge < -0.3 is 20.3 Å². The topological polar surface area (TPSA) is 87.7 Å². The maximum absolute atomic E-state index is 12.1. The number of hydrogen-bond acceptors (Lipinski definition) is 5. The van der Waals surface area contributed by atoms with Gasteiger partial charge >= 0.3 is 6.09 Å². The number of carbonyl (C=O) groups excluding carboxylic acids is 3. The summed E-state index contributed by atoms with van der Waals surface area (Å²) in [6, 6.07) is 3.53. The smallest absolute Gasteiger partial charge is 0.409 e. The lowest BCUT2D eigenvalue weighted by atomic mass is 9.91. The van der Waals surface area contributed by atoms with Gasteiger partial charge in [-0.25, -0.2) is 4.79 Å². The summed E-state index contributed by atoms with van der Waals surface area (Å²) in [4.78, 5) is 38.2. The highest BCUT2D eigenvalue weighted by molar-refractivity contribution is 7.12. The highest BCUT2D eigenvalue weighted by atomic mass is 32.1. The molecule has 1 aromatic rings. The van der Waals surface area contributed by atoms with Crippen LogP contribution in [0.5, 0.6) is 0 Å². The Hall–Kier alpha value is -2.09. The summed E-state index contributed by atoms with van der Waals surface area (Å²) < 4.78 is 5.06. The van der Waals surface area contributed by atoms with Crippen molar-refractivity contribution in [1.29, 1.82) is 0 Å². The van der Waals surface area contributed by atoms with Crippen LogP contribution in [0.4, 0.5) is 4.79 Å². The molecule has 2 atom stereocenters. The molecule has 1 aliphatic rings. The number of carbonyl (C=O) groups is 3. The van der Waals surface area contributed by atoms with Crippen molar-refractivity contribution >= 4 is 29.2 Å². The first-order valence-electron chi connectivity index (χ1n) is 9.04. The number of piperidine rings is 1. The molecule has 1 fully saturated rings. The van der Waals surface area contributed by atoms with E-state index in [0.29, 0.717) is 31.1 Å². The van der Waals surface area contributed by atoms with Crippen molar-refractivity contribution in [2.24, 2.45) is 5.92 Å². The normalized spacial score (nSPS) is 18.1. The zero-order valence-electron chi connectivity index (χ0n) is 15.3. The molecule has 1 saturated heterocycles. The number of likely N-dealkylation sites (tertiary alicyclic amines) is 1. The van der Waals surface area contributed by atoms with Gasteiger partial charge in [0.25, 0.3) is 5.91 Å². The maximum atomic E-state index is 12.1. The lowest BCUT2D eigenvalue weighted by Crippen LogP contribution is -2.48. The van der Waals surface area contributed by atoms with Crippen LogP contribution < -0.4 is 10.6 Å². The molecule has 2 rings (SSSR count). The quantitative estimate of drug-likeness (QED) is 0.758. The van der Waals surface area contributed by atoms with Gasteiger partial charge in [0.05, 0.1) is 11.5 Å². The number of thiophene rings is 1. The second-order valence-corrected chi connectivity index (χ2v) is 7.33. The molecule has 26 heavy (non-hydrogen) atoms. The van der Waals surface area contributed by atoms with Crippen LogP contribution in [0.1, 0.15) is 42.8 Å².